The molecule has 0 spiro atoms. The second-order valence-electron chi connectivity index (χ2n) is 7.50. The van der Waals surface area contributed by atoms with Crippen molar-refractivity contribution in [2.24, 2.45) is 11.5 Å². The Balaban J connectivity index is 2.20. The van der Waals surface area contributed by atoms with Crippen LogP contribution in [0.5, 0.6) is 0 Å². The normalized spacial score (nSPS) is 14.3. The minimum atomic E-state index is -1.29. The number of carboxylic acid groups (broad SMARTS) is 1. The Bertz CT molecular complexity index is 992. The molecular formula is C19H27N9O6. The second kappa shape index (κ2) is 12.1. The standard InChI is InChI=1S/C19H27N9O6/c1-9(19(33)34)26-17(31)13(2-10-5-22-7-24-10)28-18(32)14(3-11-6-23-8-25-11)27-16(30)12(20)4-15(21)29/h5-9,12-14H,2-4,20H2,1H3,(H2,21,29)(H,22,24)(H,23,25)(H,26,31)(H,27,30)(H,28,32)(H,33,34)/t9-,12-,13-,14-/m0/s1. The summed E-state index contributed by atoms with van der Waals surface area (Å²) in [6.07, 6.45) is 5.24. The molecule has 0 radical (unpaired) electrons. The predicted molar refractivity (Wildman–Crippen MR) is 115 cm³/mol. The monoisotopic (exact) mass is 477 g/mol. The third-order valence-electron chi connectivity index (χ3n) is 4.69. The van der Waals surface area contributed by atoms with Gasteiger partial charge in [0.15, 0.2) is 0 Å². The number of H-pyrrole nitrogens is 2. The predicted octanol–water partition coefficient (Wildman–Crippen LogP) is -3.32. The van der Waals surface area contributed by atoms with Crippen LogP contribution < -0.4 is 27.4 Å². The van der Waals surface area contributed by atoms with Crippen molar-refractivity contribution in [2.45, 2.75) is 50.4 Å². The van der Waals surface area contributed by atoms with E-state index in [4.69, 9.17) is 16.6 Å². The zero-order chi connectivity index (χ0) is 25.3. The molecule has 4 amide bonds. The summed E-state index contributed by atoms with van der Waals surface area (Å²) >= 11 is 0. The lowest BCUT2D eigenvalue weighted by Gasteiger charge is -2.24. The molecule has 0 bridgehead atoms. The quantitative estimate of drug-likeness (QED) is 0.143. The van der Waals surface area contributed by atoms with Crippen molar-refractivity contribution in [3.63, 3.8) is 0 Å². The van der Waals surface area contributed by atoms with E-state index in [1.54, 1.807) is 0 Å². The Hall–Kier alpha value is -4.27. The highest BCUT2D eigenvalue weighted by Gasteiger charge is 2.30. The van der Waals surface area contributed by atoms with Gasteiger partial charge < -0.3 is 42.5 Å². The number of amides is 4. The molecule has 0 aliphatic rings. The lowest BCUT2D eigenvalue weighted by Crippen LogP contribution is -2.58. The Morgan fingerprint density at radius 3 is 1.79 bits per heavy atom. The van der Waals surface area contributed by atoms with Crippen molar-refractivity contribution < 1.29 is 29.1 Å². The molecule has 2 aromatic rings. The van der Waals surface area contributed by atoms with Gasteiger partial charge in [-0.1, -0.05) is 0 Å². The average molecular weight is 477 g/mol. The second-order valence-corrected chi connectivity index (χ2v) is 7.50. The van der Waals surface area contributed by atoms with E-state index in [2.05, 4.69) is 35.9 Å². The van der Waals surface area contributed by atoms with Gasteiger partial charge in [-0.15, -0.1) is 0 Å². The fourth-order valence-electron chi connectivity index (χ4n) is 2.88. The number of aromatic nitrogens is 4. The van der Waals surface area contributed by atoms with Crippen molar-refractivity contribution in [1.29, 1.82) is 0 Å². The maximum atomic E-state index is 13.1. The average Bonchev–Trinajstić information content (AvgIpc) is 3.46. The minimum absolute atomic E-state index is 0.0579. The first-order valence-electron chi connectivity index (χ1n) is 10.2. The number of rotatable bonds is 13. The molecule has 184 valence electrons. The van der Waals surface area contributed by atoms with Gasteiger partial charge in [-0.3, -0.25) is 24.0 Å². The zero-order valence-corrected chi connectivity index (χ0v) is 18.3. The Kier molecular flexibility index (Phi) is 9.25. The number of hydrogen-bond donors (Lipinski definition) is 8. The van der Waals surface area contributed by atoms with Gasteiger partial charge in [0.2, 0.25) is 23.6 Å². The summed E-state index contributed by atoms with van der Waals surface area (Å²) in [5.74, 6) is -4.38. The lowest BCUT2D eigenvalue weighted by molar-refractivity contribution is -0.141. The number of primary amides is 1. The van der Waals surface area contributed by atoms with Crippen molar-refractivity contribution in [3.05, 3.63) is 36.4 Å². The van der Waals surface area contributed by atoms with Crippen molar-refractivity contribution >= 4 is 29.6 Å². The summed E-state index contributed by atoms with van der Waals surface area (Å²) in [6, 6.07) is -4.93. The molecule has 2 heterocycles. The molecule has 15 nitrogen and oxygen atoms in total. The number of nitrogens with two attached hydrogens (primary N) is 2. The molecular weight excluding hydrogens is 450 g/mol. The number of hydrogen-bond acceptors (Lipinski definition) is 8. The molecule has 0 unspecified atom stereocenters. The van der Waals surface area contributed by atoms with Gasteiger partial charge >= 0.3 is 5.97 Å². The van der Waals surface area contributed by atoms with E-state index < -0.39 is 60.2 Å². The van der Waals surface area contributed by atoms with E-state index in [-0.39, 0.29) is 12.8 Å². The van der Waals surface area contributed by atoms with Crippen LogP contribution in [0.1, 0.15) is 24.7 Å². The van der Waals surface area contributed by atoms with Crippen LogP contribution >= 0.6 is 0 Å². The van der Waals surface area contributed by atoms with Gasteiger partial charge in [-0.25, -0.2) is 9.97 Å². The highest BCUT2D eigenvalue weighted by Crippen LogP contribution is 2.04. The smallest absolute Gasteiger partial charge is 0.325 e. The van der Waals surface area contributed by atoms with Crippen LogP contribution in [-0.2, 0) is 36.8 Å². The third-order valence-corrected chi connectivity index (χ3v) is 4.69. The first kappa shape index (κ1) is 26.0. The van der Waals surface area contributed by atoms with Gasteiger partial charge in [-0.05, 0) is 6.92 Å². The molecule has 0 aliphatic heterocycles. The molecule has 2 rings (SSSR count). The summed E-state index contributed by atoms with van der Waals surface area (Å²) in [6.45, 7) is 1.27. The number of carbonyl (C=O) groups is 5. The van der Waals surface area contributed by atoms with Crippen LogP contribution in [0.3, 0.4) is 0 Å². The van der Waals surface area contributed by atoms with Crippen molar-refractivity contribution in [1.82, 2.24) is 35.9 Å². The van der Waals surface area contributed by atoms with Gasteiger partial charge in [0.1, 0.15) is 18.1 Å². The summed E-state index contributed by atoms with van der Waals surface area (Å²) < 4.78 is 0. The summed E-state index contributed by atoms with van der Waals surface area (Å²) in [5, 5.41) is 16.3. The van der Waals surface area contributed by atoms with Gasteiger partial charge in [0, 0.05) is 25.2 Å². The van der Waals surface area contributed by atoms with Gasteiger partial charge in [0.05, 0.1) is 36.5 Å². The molecule has 0 aliphatic carbocycles. The molecule has 15 heteroatoms. The van der Waals surface area contributed by atoms with E-state index >= 15 is 0 Å². The molecule has 4 atom stereocenters. The first-order valence-corrected chi connectivity index (χ1v) is 10.2. The van der Waals surface area contributed by atoms with Gasteiger partial charge in [-0.2, -0.15) is 0 Å². The van der Waals surface area contributed by atoms with Gasteiger partial charge in [0.25, 0.3) is 0 Å². The molecule has 0 saturated heterocycles. The van der Waals surface area contributed by atoms with Crippen molar-refractivity contribution in [3.8, 4) is 0 Å². The van der Waals surface area contributed by atoms with E-state index in [1.807, 2.05) is 0 Å². The van der Waals surface area contributed by atoms with Crippen LogP contribution in [-0.4, -0.2) is 78.8 Å². The highest BCUT2D eigenvalue weighted by atomic mass is 16.4. The molecule has 0 fully saturated rings. The Morgan fingerprint density at radius 1 is 0.912 bits per heavy atom. The molecule has 2 aromatic heterocycles. The van der Waals surface area contributed by atoms with Crippen LogP contribution in [0.25, 0.3) is 0 Å². The molecule has 0 saturated carbocycles. The number of nitrogens with one attached hydrogen (secondary N) is 5. The maximum Gasteiger partial charge on any atom is 0.325 e. The number of carbonyl (C=O) groups excluding carboxylic acids is 4. The molecule has 0 aromatic carbocycles. The summed E-state index contributed by atoms with van der Waals surface area (Å²) in [7, 11) is 0. The third kappa shape index (κ3) is 8.01. The fourth-order valence-corrected chi connectivity index (χ4v) is 2.88. The number of aliphatic carboxylic acids is 1. The zero-order valence-electron chi connectivity index (χ0n) is 18.3. The van der Waals surface area contributed by atoms with E-state index in [0.717, 1.165) is 0 Å². The minimum Gasteiger partial charge on any atom is -0.480 e. The topological polar surface area (TPSA) is 251 Å². The number of aromatic amines is 2. The SMILES string of the molecule is C[C@H](NC(=O)[C@H](Cc1c[nH]cn1)NC(=O)[C@H](Cc1c[nH]cn1)NC(=O)[C@@H](N)CC(N)=O)C(=O)O. The van der Waals surface area contributed by atoms with Crippen molar-refractivity contribution in [2.75, 3.05) is 0 Å². The Labute approximate surface area is 193 Å². The number of nitrogens with zero attached hydrogens (tertiary/aromatic N) is 2. The van der Waals surface area contributed by atoms with Crippen LogP contribution in [0, 0.1) is 0 Å². The van der Waals surface area contributed by atoms with E-state index in [0.29, 0.717) is 11.4 Å². The summed E-state index contributed by atoms with van der Waals surface area (Å²) in [5.41, 5.74) is 11.6. The maximum absolute atomic E-state index is 13.1. The first-order chi connectivity index (χ1) is 16.1. The lowest BCUT2D eigenvalue weighted by atomic mass is 10.1. The number of imidazole rings is 2. The van der Waals surface area contributed by atoms with E-state index in [1.165, 1.54) is 32.0 Å². The summed E-state index contributed by atoms with van der Waals surface area (Å²) in [4.78, 5) is 73.9. The van der Waals surface area contributed by atoms with E-state index in [9.17, 15) is 24.0 Å². The number of carboxylic acids is 1. The molecule has 34 heavy (non-hydrogen) atoms. The fraction of sp³-hybridized carbons (Fsp3) is 0.421. The van der Waals surface area contributed by atoms with Crippen LogP contribution in [0.15, 0.2) is 25.0 Å². The highest BCUT2D eigenvalue weighted by molar-refractivity contribution is 5.95. The van der Waals surface area contributed by atoms with Crippen LogP contribution in [0.2, 0.25) is 0 Å². The Morgan fingerprint density at radius 2 is 1.38 bits per heavy atom. The van der Waals surface area contributed by atoms with Crippen LogP contribution in [0.4, 0.5) is 0 Å². The molecule has 10 N–H and O–H groups in total. The largest absolute Gasteiger partial charge is 0.480 e.